The third kappa shape index (κ3) is 3.65. The molecule has 0 spiro atoms. The average Bonchev–Trinajstić information content (AvgIpc) is 3.30. The smallest absolute Gasteiger partial charge is 0.337 e. The standard InChI is InChI=1S/C22H21N3O5/c1-13-3-5-14(6-4-13)20-24-17-8-7-15(11-18(17)30-20)23-19-16(22(28)29-2)12-25(9-10-26)21(19)27/h3-8,11,23,26H,9-10,12H2,1-2H3. The minimum Gasteiger partial charge on any atom is -0.466 e. The number of anilines is 1. The second-order valence-electron chi connectivity index (χ2n) is 6.99. The van der Waals surface area contributed by atoms with Crippen LogP contribution in [0.25, 0.3) is 22.6 Å². The van der Waals surface area contributed by atoms with Crippen LogP contribution in [0.4, 0.5) is 5.69 Å². The molecule has 2 aromatic carbocycles. The predicted molar refractivity (Wildman–Crippen MR) is 111 cm³/mol. The van der Waals surface area contributed by atoms with Gasteiger partial charge in [0, 0.05) is 23.9 Å². The SMILES string of the molecule is COC(=O)C1=C(Nc2ccc3nc(-c4ccc(C)cc4)oc3c2)C(=O)N(CCO)C1. The van der Waals surface area contributed by atoms with Crippen LogP contribution in [0.1, 0.15) is 5.56 Å². The third-order valence-electron chi connectivity index (χ3n) is 4.91. The quantitative estimate of drug-likeness (QED) is 0.605. The van der Waals surface area contributed by atoms with Crippen molar-refractivity contribution in [2.24, 2.45) is 0 Å². The molecular weight excluding hydrogens is 386 g/mol. The topological polar surface area (TPSA) is 105 Å². The maximum atomic E-state index is 12.7. The van der Waals surface area contributed by atoms with Gasteiger partial charge < -0.3 is 24.5 Å². The third-order valence-corrected chi connectivity index (χ3v) is 4.91. The Morgan fingerprint density at radius 1 is 1.27 bits per heavy atom. The number of hydrogen-bond acceptors (Lipinski definition) is 7. The summed E-state index contributed by atoms with van der Waals surface area (Å²) >= 11 is 0. The van der Waals surface area contributed by atoms with Crippen LogP contribution in [0.5, 0.6) is 0 Å². The number of nitrogens with zero attached hydrogens (tertiary/aromatic N) is 2. The lowest BCUT2D eigenvalue weighted by Gasteiger charge is -2.14. The summed E-state index contributed by atoms with van der Waals surface area (Å²) in [5.41, 5.74) is 4.16. The van der Waals surface area contributed by atoms with Gasteiger partial charge in [0.1, 0.15) is 11.2 Å². The van der Waals surface area contributed by atoms with Crippen LogP contribution >= 0.6 is 0 Å². The Labute approximate surface area is 172 Å². The molecule has 8 heteroatoms. The molecule has 0 saturated carbocycles. The van der Waals surface area contributed by atoms with Gasteiger partial charge in [0.25, 0.3) is 5.91 Å². The summed E-state index contributed by atoms with van der Waals surface area (Å²) in [4.78, 5) is 30.7. The van der Waals surface area contributed by atoms with Crippen molar-refractivity contribution in [2.45, 2.75) is 6.92 Å². The second-order valence-corrected chi connectivity index (χ2v) is 6.99. The first-order valence-corrected chi connectivity index (χ1v) is 9.46. The van der Waals surface area contributed by atoms with E-state index in [2.05, 4.69) is 10.3 Å². The number of amides is 1. The van der Waals surface area contributed by atoms with Gasteiger partial charge in [0.15, 0.2) is 5.58 Å². The van der Waals surface area contributed by atoms with Crippen molar-refractivity contribution in [1.82, 2.24) is 9.88 Å². The maximum absolute atomic E-state index is 12.7. The summed E-state index contributed by atoms with van der Waals surface area (Å²) in [7, 11) is 1.26. The number of hydrogen-bond donors (Lipinski definition) is 2. The van der Waals surface area contributed by atoms with Crippen molar-refractivity contribution in [3.05, 3.63) is 59.3 Å². The Hall–Kier alpha value is -3.65. The lowest BCUT2D eigenvalue weighted by molar-refractivity contribution is -0.136. The number of carbonyl (C=O) groups is 2. The van der Waals surface area contributed by atoms with Crippen molar-refractivity contribution >= 4 is 28.7 Å². The normalized spacial score (nSPS) is 14.0. The Morgan fingerprint density at radius 3 is 2.73 bits per heavy atom. The van der Waals surface area contributed by atoms with E-state index in [-0.39, 0.29) is 36.9 Å². The molecule has 0 aliphatic carbocycles. The van der Waals surface area contributed by atoms with E-state index < -0.39 is 5.97 Å². The summed E-state index contributed by atoms with van der Waals surface area (Å²) in [6.07, 6.45) is 0. The molecule has 2 N–H and O–H groups in total. The summed E-state index contributed by atoms with van der Waals surface area (Å²) in [6.45, 7) is 2.03. The average molecular weight is 407 g/mol. The largest absolute Gasteiger partial charge is 0.466 e. The van der Waals surface area contributed by atoms with Crippen molar-refractivity contribution in [3.63, 3.8) is 0 Å². The number of aliphatic hydroxyl groups excluding tert-OH is 1. The Morgan fingerprint density at radius 2 is 2.03 bits per heavy atom. The number of esters is 1. The van der Waals surface area contributed by atoms with Gasteiger partial charge in [-0.3, -0.25) is 4.79 Å². The first kappa shape index (κ1) is 19.7. The van der Waals surface area contributed by atoms with Crippen molar-refractivity contribution in [2.75, 3.05) is 32.1 Å². The van der Waals surface area contributed by atoms with E-state index in [1.807, 2.05) is 31.2 Å². The zero-order valence-corrected chi connectivity index (χ0v) is 16.6. The number of ether oxygens (including phenoxy) is 1. The number of aryl methyl sites for hydroxylation is 1. The predicted octanol–water partition coefficient (Wildman–Crippen LogP) is 2.48. The number of carbonyl (C=O) groups excluding carboxylic acids is 2. The summed E-state index contributed by atoms with van der Waals surface area (Å²) in [5.74, 6) is -0.459. The fraction of sp³-hybridized carbons (Fsp3) is 0.227. The molecule has 0 radical (unpaired) electrons. The van der Waals surface area contributed by atoms with Gasteiger partial charge in [0.05, 0.1) is 25.8 Å². The highest BCUT2D eigenvalue weighted by molar-refractivity contribution is 6.08. The van der Waals surface area contributed by atoms with Gasteiger partial charge in [-0.15, -0.1) is 0 Å². The highest BCUT2D eigenvalue weighted by Gasteiger charge is 2.34. The fourth-order valence-corrected chi connectivity index (χ4v) is 3.32. The minimum absolute atomic E-state index is 0.0799. The molecule has 1 aliphatic rings. The van der Waals surface area contributed by atoms with Gasteiger partial charge in [-0.25, -0.2) is 9.78 Å². The number of oxazole rings is 1. The van der Waals surface area contributed by atoms with E-state index in [4.69, 9.17) is 14.3 Å². The molecule has 1 amide bonds. The summed E-state index contributed by atoms with van der Waals surface area (Å²) in [6, 6.07) is 13.1. The van der Waals surface area contributed by atoms with E-state index >= 15 is 0 Å². The molecule has 4 rings (SSSR count). The van der Waals surface area contributed by atoms with Crippen molar-refractivity contribution in [3.8, 4) is 11.5 Å². The van der Waals surface area contributed by atoms with Gasteiger partial charge in [-0.2, -0.15) is 0 Å². The molecule has 3 aromatic rings. The zero-order chi connectivity index (χ0) is 21.3. The number of aliphatic hydroxyl groups is 1. The Kier molecular flexibility index (Phi) is 5.24. The number of rotatable bonds is 6. The number of aromatic nitrogens is 1. The lowest BCUT2D eigenvalue weighted by atomic mass is 10.1. The number of β-amino-alcohol motifs (C(OH)–C–C–N with tert-alkyl or cyclic N) is 1. The van der Waals surface area contributed by atoms with E-state index in [1.165, 1.54) is 12.0 Å². The molecule has 154 valence electrons. The monoisotopic (exact) mass is 407 g/mol. The number of benzene rings is 2. The zero-order valence-electron chi connectivity index (χ0n) is 16.6. The van der Waals surface area contributed by atoms with E-state index in [9.17, 15) is 9.59 Å². The Balaban J connectivity index is 1.64. The number of fused-ring (bicyclic) bond motifs is 1. The van der Waals surface area contributed by atoms with E-state index in [0.717, 1.165) is 11.1 Å². The van der Waals surface area contributed by atoms with Crippen LogP contribution in [0, 0.1) is 6.92 Å². The maximum Gasteiger partial charge on any atom is 0.337 e. The van der Waals surface area contributed by atoms with Crippen LogP contribution in [-0.2, 0) is 14.3 Å². The van der Waals surface area contributed by atoms with Gasteiger partial charge in [-0.1, -0.05) is 17.7 Å². The lowest BCUT2D eigenvalue weighted by Crippen LogP contribution is -2.31. The fourth-order valence-electron chi connectivity index (χ4n) is 3.32. The van der Waals surface area contributed by atoms with Gasteiger partial charge in [-0.05, 0) is 31.2 Å². The van der Waals surface area contributed by atoms with Crippen LogP contribution in [0.15, 0.2) is 58.2 Å². The number of methoxy groups -OCH3 is 1. The molecule has 2 heterocycles. The number of nitrogens with one attached hydrogen (secondary N) is 1. The molecule has 30 heavy (non-hydrogen) atoms. The first-order valence-electron chi connectivity index (χ1n) is 9.46. The van der Waals surface area contributed by atoms with E-state index in [0.29, 0.717) is 22.7 Å². The van der Waals surface area contributed by atoms with Crippen molar-refractivity contribution in [1.29, 1.82) is 0 Å². The van der Waals surface area contributed by atoms with Gasteiger partial charge in [0.2, 0.25) is 5.89 Å². The molecule has 1 aromatic heterocycles. The highest BCUT2D eigenvalue weighted by atomic mass is 16.5. The van der Waals surface area contributed by atoms with Gasteiger partial charge >= 0.3 is 5.97 Å². The van der Waals surface area contributed by atoms with Crippen molar-refractivity contribution < 1.29 is 23.8 Å². The highest BCUT2D eigenvalue weighted by Crippen LogP contribution is 2.28. The second kappa shape index (κ2) is 8.00. The minimum atomic E-state index is -0.589. The molecule has 0 bridgehead atoms. The van der Waals surface area contributed by atoms with Crippen LogP contribution in [0.2, 0.25) is 0 Å². The summed E-state index contributed by atoms with van der Waals surface area (Å²) in [5, 5.41) is 12.2. The first-order chi connectivity index (χ1) is 14.5. The molecule has 0 saturated heterocycles. The molecule has 0 unspecified atom stereocenters. The molecular formula is C22H21N3O5. The molecule has 0 atom stereocenters. The molecule has 1 aliphatic heterocycles. The van der Waals surface area contributed by atoms with Crippen LogP contribution in [-0.4, -0.2) is 53.7 Å². The molecule has 0 fully saturated rings. The molecule has 8 nitrogen and oxygen atoms in total. The van der Waals surface area contributed by atoms with E-state index in [1.54, 1.807) is 18.2 Å². The Bertz CT molecular complexity index is 1150. The summed E-state index contributed by atoms with van der Waals surface area (Å²) < 4.78 is 10.7. The van der Waals surface area contributed by atoms with Crippen LogP contribution in [0.3, 0.4) is 0 Å². The van der Waals surface area contributed by atoms with Crippen LogP contribution < -0.4 is 5.32 Å².